The van der Waals surface area contributed by atoms with Gasteiger partial charge in [-0.2, -0.15) is 9.61 Å². The third-order valence-electron chi connectivity index (χ3n) is 1.85. The number of hydrogen-bond donors (Lipinski definition) is 0. The zero-order valence-electron chi connectivity index (χ0n) is 8.47. The molecule has 15 heavy (non-hydrogen) atoms. The van der Waals surface area contributed by atoms with Crippen LogP contribution in [0.4, 0.5) is 0 Å². The van der Waals surface area contributed by atoms with Crippen LogP contribution in [0.5, 0.6) is 0 Å². The molecule has 0 aromatic carbocycles. The van der Waals surface area contributed by atoms with Gasteiger partial charge in [-0.15, -0.1) is 10.2 Å². The molecule has 0 unspecified atom stereocenters. The number of aryl methyl sites for hydroxylation is 1. The van der Waals surface area contributed by atoms with Gasteiger partial charge < -0.3 is 4.74 Å². The molecular formula is C9H10N4O2. The highest BCUT2D eigenvalue weighted by atomic mass is 16.5. The zero-order valence-corrected chi connectivity index (χ0v) is 8.47. The molecule has 78 valence electrons. The van der Waals surface area contributed by atoms with Crippen LogP contribution in [0.2, 0.25) is 0 Å². The van der Waals surface area contributed by atoms with Crippen molar-refractivity contribution in [3.63, 3.8) is 0 Å². The second kappa shape index (κ2) is 3.64. The van der Waals surface area contributed by atoms with Crippen molar-refractivity contribution < 1.29 is 9.53 Å². The number of fused-ring (bicyclic) bond motifs is 1. The average molecular weight is 206 g/mol. The number of carbonyl (C=O) groups excluding carboxylic acids is 1. The van der Waals surface area contributed by atoms with E-state index < -0.39 is 5.97 Å². The van der Waals surface area contributed by atoms with Crippen LogP contribution in [-0.2, 0) is 4.74 Å². The molecule has 0 aliphatic carbocycles. The lowest BCUT2D eigenvalue weighted by Gasteiger charge is -1.99. The predicted octanol–water partition coefficient (Wildman–Crippen LogP) is 0.609. The summed E-state index contributed by atoms with van der Waals surface area (Å²) in [5, 5.41) is 11.7. The molecule has 2 rings (SSSR count). The van der Waals surface area contributed by atoms with Gasteiger partial charge in [-0.25, -0.2) is 4.79 Å². The largest absolute Gasteiger partial charge is 0.460 e. The number of nitrogens with zero attached hydrogens (tertiary/aromatic N) is 4. The molecule has 0 aliphatic rings. The number of carbonyl (C=O) groups is 1. The van der Waals surface area contributed by atoms with Gasteiger partial charge >= 0.3 is 5.97 Å². The fourth-order valence-corrected chi connectivity index (χ4v) is 1.20. The Morgan fingerprint density at radius 3 is 3.00 bits per heavy atom. The van der Waals surface area contributed by atoms with E-state index in [4.69, 9.17) is 4.74 Å². The van der Waals surface area contributed by atoms with E-state index in [1.54, 1.807) is 19.1 Å². The lowest BCUT2D eigenvalue weighted by atomic mass is 10.4. The Kier molecular flexibility index (Phi) is 2.32. The maximum absolute atomic E-state index is 11.4. The Labute approximate surface area is 85.9 Å². The van der Waals surface area contributed by atoms with E-state index in [2.05, 4.69) is 15.3 Å². The normalized spacial score (nSPS) is 10.5. The maximum atomic E-state index is 11.4. The van der Waals surface area contributed by atoms with E-state index >= 15 is 0 Å². The monoisotopic (exact) mass is 206 g/mol. The van der Waals surface area contributed by atoms with Crippen LogP contribution in [0.1, 0.15) is 23.2 Å². The fraction of sp³-hybridized carbons (Fsp3) is 0.333. The first-order valence-corrected chi connectivity index (χ1v) is 4.58. The zero-order chi connectivity index (χ0) is 10.8. The highest BCUT2D eigenvalue weighted by molar-refractivity contribution is 5.85. The first-order chi connectivity index (χ1) is 7.22. The molecule has 0 saturated heterocycles. The molecule has 0 bridgehead atoms. The molecule has 6 nitrogen and oxygen atoms in total. The molecular weight excluding hydrogens is 196 g/mol. The molecule has 6 heteroatoms. The van der Waals surface area contributed by atoms with Crippen LogP contribution < -0.4 is 0 Å². The molecule has 0 saturated carbocycles. The summed E-state index contributed by atoms with van der Waals surface area (Å²) in [7, 11) is 0. The molecule has 0 amide bonds. The standard InChI is InChI=1S/C9H10N4O2/c1-3-15-9(14)8-11-10-7-5-4-6(2)12-13(7)8/h4-5H,3H2,1-2H3. The Bertz CT molecular complexity index is 506. The summed E-state index contributed by atoms with van der Waals surface area (Å²) in [5.41, 5.74) is 1.32. The van der Waals surface area contributed by atoms with Gasteiger partial charge in [0.25, 0.3) is 5.82 Å². The summed E-state index contributed by atoms with van der Waals surface area (Å²) >= 11 is 0. The van der Waals surface area contributed by atoms with Gasteiger partial charge in [0.05, 0.1) is 12.3 Å². The molecule has 0 fully saturated rings. The minimum atomic E-state index is -0.511. The Hall–Kier alpha value is -1.98. The molecule has 0 atom stereocenters. The summed E-state index contributed by atoms with van der Waals surface area (Å²) in [6.07, 6.45) is 0. The van der Waals surface area contributed by atoms with Crippen molar-refractivity contribution in [2.75, 3.05) is 6.61 Å². The van der Waals surface area contributed by atoms with Crippen molar-refractivity contribution in [1.82, 2.24) is 19.8 Å². The number of aromatic nitrogens is 4. The number of esters is 1. The lowest BCUT2D eigenvalue weighted by Crippen LogP contribution is -2.11. The summed E-state index contributed by atoms with van der Waals surface area (Å²) < 4.78 is 6.21. The molecule has 0 spiro atoms. The SMILES string of the molecule is CCOC(=O)c1nnc2ccc(C)nn12. The molecule has 2 aromatic heterocycles. The number of hydrogen-bond acceptors (Lipinski definition) is 5. The van der Waals surface area contributed by atoms with Gasteiger partial charge in [-0.1, -0.05) is 0 Å². The molecule has 2 heterocycles. The Morgan fingerprint density at radius 2 is 2.27 bits per heavy atom. The first kappa shape index (κ1) is 9.57. The summed E-state index contributed by atoms with van der Waals surface area (Å²) in [4.78, 5) is 11.4. The third-order valence-corrected chi connectivity index (χ3v) is 1.85. The van der Waals surface area contributed by atoms with E-state index in [0.717, 1.165) is 5.69 Å². The molecule has 0 N–H and O–H groups in total. The van der Waals surface area contributed by atoms with Crippen molar-refractivity contribution in [2.24, 2.45) is 0 Å². The van der Waals surface area contributed by atoms with E-state index in [9.17, 15) is 4.79 Å². The Morgan fingerprint density at radius 1 is 1.47 bits per heavy atom. The molecule has 0 aliphatic heterocycles. The van der Waals surface area contributed by atoms with Crippen molar-refractivity contribution in [2.45, 2.75) is 13.8 Å². The highest BCUT2D eigenvalue weighted by Gasteiger charge is 2.15. The number of rotatable bonds is 2. The van der Waals surface area contributed by atoms with Crippen molar-refractivity contribution in [3.05, 3.63) is 23.7 Å². The van der Waals surface area contributed by atoms with E-state index in [1.807, 2.05) is 6.92 Å². The summed E-state index contributed by atoms with van der Waals surface area (Å²) in [5.74, 6) is -0.404. The van der Waals surface area contributed by atoms with Gasteiger partial charge in [0, 0.05) is 0 Å². The second-order valence-electron chi connectivity index (χ2n) is 2.99. The quantitative estimate of drug-likeness (QED) is 0.673. The minimum absolute atomic E-state index is 0.107. The fourth-order valence-electron chi connectivity index (χ4n) is 1.20. The van der Waals surface area contributed by atoms with Crippen LogP contribution in [-0.4, -0.2) is 32.4 Å². The Balaban J connectivity index is 2.52. The third kappa shape index (κ3) is 1.65. The first-order valence-electron chi connectivity index (χ1n) is 4.58. The topological polar surface area (TPSA) is 69.4 Å². The van der Waals surface area contributed by atoms with Crippen molar-refractivity contribution in [3.8, 4) is 0 Å². The highest BCUT2D eigenvalue weighted by Crippen LogP contribution is 2.03. The maximum Gasteiger partial charge on any atom is 0.378 e. The van der Waals surface area contributed by atoms with Gasteiger partial charge in [0.1, 0.15) is 0 Å². The minimum Gasteiger partial charge on any atom is -0.460 e. The van der Waals surface area contributed by atoms with Crippen LogP contribution in [0.15, 0.2) is 12.1 Å². The van der Waals surface area contributed by atoms with Crippen molar-refractivity contribution in [1.29, 1.82) is 0 Å². The van der Waals surface area contributed by atoms with Crippen LogP contribution in [0, 0.1) is 6.92 Å². The van der Waals surface area contributed by atoms with E-state index in [-0.39, 0.29) is 5.82 Å². The van der Waals surface area contributed by atoms with Gasteiger partial charge in [-0.05, 0) is 26.0 Å². The van der Waals surface area contributed by atoms with Crippen LogP contribution in [0.25, 0.3) is 5.65 Å². The second-order valence-corrected chi connectivity index (χ2v) is 2.99. The predicted molar refractivity (Wildman–Crippen MR) is 51.5 cm³/mol. The van der Waals surface area contributed by atoms with E-state index in [1.165, 1.54) is 4.52 Å². The smallest absolute Gasteiger partial charge is 0.378 e. The van der Waals surface area contributed by atoms with Gasteiger partial charge in [-0.3, -0.25) is 0 Å². The van der Waals surface area contributed by atoms with Crippen molar-refractivity contribution >= 4 is 11.6 Å². The lowest BCUT2D eigenvalue weighted by molar-refractivity contribution is 0.0509. The van der Waals surface area contributed by atoms with Gasteiger partial charge in [0.15, 0.2) is 5.65 Å². The van der Waals surface area contributed by atoms with Crippen LogP contribution in [0.3, 0.4) is 0 Å². The van der Waals surface area contributed by atoms with Crippen LogP contribution >= 0.6 is 0 Å². The molecule has 0 radical (unpaired) electrons. The van der Waals surface area contributed by atoms with Gasteiger partial charge in [0.2, 0.25) is 0 Å². The summed E-state index contributed by atoms with van der Waals surface area (Å²) in [6, 6.07) is 3.55. The number of ether oxygens (including phenoxy) is 1. The summed E-state index contributed by atoms with van der Waals surface area (Å²) in [6.45, 7) is 3.87. The average Bonchev–Trinajstić information content (AvgIpc) is 2.60. The molecule has 2 aromatic rings. The van der Waals surface area contributed by atoms with E-state index in [0.29, 0.717) is 12.3 Å².